The zero-order chi connectivity index (χ0) is 62.0. The molecule has 11 rings (SSSR count). The van der Waals surface area contributed by atoms with E-state index in [1.807, 2.05) is 0 Å². The lowest BCUT2D eigenvalue weighted by molar-refractivity contribution is -0.000472. The predicted molar refractivity (Wildman–Crippen MR) is 368 cm³/mol. The van der Waals surface area contributed by atoms with Crippen LogP contribution in [0, 0.1) is 0 Å². The van der Waals surface area contributed by atoms with Crippen molar-refractivity contribution >= 4 is 44.7 Å². The molecule has 0 fully saturated rings. The molecule has 14 nitrogen and oxygen atoms in total. The first kappa shape index (κ1) is 64.2. The number of hydrogen-bond acceptors (Lipinski definition) is 12. The quantitative estimate of drug-likeness (QED) is 0.0664. The van der Waals surface area contributed by atoms with Gasteiger partial charge >= 0.3 is 0 Å². The van der Waals surface area contributed by atoms with Crippen molar-refractivity contribution in [2.24, 2.45) is 0 Å². The molecule has 14 heteroatoms. The first-order chi connectivity index (χ1) is 44.4. The van der Waals surface area contributed by atoms with Crippen LogP contribution >= 0.6 is 0 Å². The van der Waals surface area contributed by atoms with Gasteiger partial charge in [-0.15, -0.1) is 0 Å². The summed E-state index contributed by atoms with van der Waals surface area (Å²) in [6.07, 6.45) is 19.1. The van der Waals surface area contributed by atoms with Crippen LogP contribution in [0.4, 0.5) is 11.4 Å². The molecule has 8 bridgehead atoms. The molecule has 0 radical (unpaired) electrons. The number of hydrogen-bond donors (Lipinski definition) is 2. The lowest BCUT2D eigenvalue weighted by Crippen LogP contribution is -2.32. The van der Waals surface area contributed by atoms with Crippen LogP contribution in [0.5, 0.6) is 0 Å². The lowest BCUT2D eigenvalue weighted by atomic mass is 9.92. The first-order valence-electron chi connectivity index (χ1n) is 34.3. The number of unbranched alkanes of at least 4 members (excludes halogenated alkanes) is 6. The Kier molecular flexibility index (Phi) is 22.9. The average Bonchev–Trinajstić information content (AvgIpc) is 1.69. The molecule has 0 saturated heterocycles. The van der Waals surface area contributed by atoms with E-state index in [1.54, 1.807) is 0 Å². The highest BCUT2D eigenvalue weighted by Gasteiger charge is 2.30. The molecule has 0 amide bonds. The summed E-state index contributed by atoms with van der Waals surface area (Å²) in [5, 5.41) is 2.03. The number of nitrogens with zero attached hydrogens (tertiary/aromatic N) is 8. The van der Waals surface area contributed by atoms with Crippen LogP contribution in [-0.2, 0) is 70.6 Å². The van der Waals surface area contributed by atoms with Crippen molar-refractivity contribution < 1.29 is 18.9 Å². The molecule has 2 N–H and O–H groups in total. The third kappa shape index (κ3) is 15.5. The fourth-order valence-corrected chi connectivity index (χ4v) is 12.9. The fourth-order valence-electron chi connectivity index (χ4n) is 12.9. The molecule has 3 aliphatic rings. The molecule has 3 aromatic heterocycles. The van der Waals surface area contributed by atoms with Gasteiger partial charge in [0.2, 0.25) is 0 Å². The van der Waals surface area contributed by atoms with Gasteiger partial charge in [0.15, 0.2) is 34.6 Å². The minimum absolute atomic E-state index is 0.433. The predicted octanol–water partition coefficient (Wildman–Crippen LogP) is 16.9. The normalized spacial score (nSPS) is 14.3. The van der Waals surface area contributed by atoms with Crippen molar-refractivity contribution in [1.82, 2.24) is 39.9 Å². The number of anilines is 2. The van der Waals surface area contributed by atoms with Crippen LogP contribution in [0.1, 0.15) is 163 Å². The molecule has 0 aliphatic carbocycles. The minimum Gasteiger partial charge on any atom is -0.377 e. The standard InChI is InChI=1S/C76H96N10O4/c1-7-13-29-55-45-61-62(46-56(55)30-14-8-2)70-77-69(61)78-71-63-47-57(31-15-9-3)59(33-17-11-5)49-65(63)73(80-71)82-75-67-68(76(84-75)83-74-66-50-60(34-18-12-6)58(32-16-10-4)48-64(66)72(79-70)81-74)86(52-54-27-23-20-24-28-54)36-38-88-40-42-90-44-43-89-41-39-87-37-35-85(67)51-53-25-21-19-22-26-53/h19-28,45-50H,7-18,29-44,51-52H2,1-6H3,(H2,77,78,79,80,81,82,83,84). The van der Waals surface area contributed by atoms with E-state index >= 15 is 0 Å². The topological polar surface area (TPSA) is 152 Å². The Morgan fingerprint density at radius 2 is 0.622 bits per heavy atom. The molecular formula is C76H96N10O4. The van der Waals surface area contributed by atoms with E-state index < -0.39 is 0 Å². The summed E-state index contributed by atoms with van der Waals surface area (Å²) < 4.78 is 24.9. The summed E-state index contributed by atoms with van der Waals surface area (Å²) in [6, 6.07) is 35.8. The molecule has 3 aliphatic heterocycles. The SMILES string of the molecule is CCCCc1cc2c(cc1CCCC)-c1nc-2nc2nc(nc3[nH]c(nc4[nH]c(n1)c1c4N(Cc4ccccc4)CCOCCOCCOCCOCCN1Cc1ccccc1)c1cc(CCCC)c(CCCC)cc31)-c1cc(CCCC)c(CCCC)cc1-2. The minimum atomic E-state index is 0.433. The summed E-state index contributed by atoms with van der Waals surface area (Å²) in [4.78, 5) is 47.2. The number of benzene rings is 5. The molecule has 0 atom stereocenters. The number of aromatic nitrogens is 8. The number of fused-ring (bicyclic) bond motifs is 20. The maximum atomic E-state index is 6.50. The second-order valence-corrected chi connectivity index (χ2v) is 24.7. The van der Waals surface area contributed by atoms with Gasteiger partial charge in [0.1, 0.15) is 22.7 Å². The highest BCUT2D eigenvalue weighted by atomic mass is 16.6. The number of H-pyrrole nitrogens is 2. The third-order valence-corrected chi connectivity index (χ3v) is 17.9. The van der Waals surface area contributed by atoms with Gasteiger partial charge in [-0.2, -0.15) is 0 Å². The van der Waals surface area contributed by atoms with Crippen molar-refractivity contribution in [3.8, 4) is 45.6 Å². The fraction of sp³-hybridized carbons (Fsp3) is 0.474. The zero-order valence-corrected chi connectivity index (χ0v) is 54.7. The highest BCUT2D eigenvalue weighted by molar-refractivity contribution is 6.06. The summed E-state index contributed by atoms with van der Waals surface area (Å²) in [7, 11) is 0. The van der Waals surface area contributed by atoms with Crippen molar-refractivity contribution in [3.05, 3.63) is 142 Å². The maximum Gasteiger partial charge on any atom is 0.164 e. The Hall–Kier alpha value is -7.36. The van der Waals surface area contributed by atoms with Gasteiger partial charge in [-0.25, -0.2) is 29.9 Å². The van der Waals surface area contributed by atoms with Crippen molar-refractivity contribution in [2.45, 2.75) is 170 Å². The molecule has 474 valence electrons. The van der Waals surface area contributed by atoms with E-state index in [1.165, 1.54) is 33.4 Å². The number of nitrogens with one attached hydrogen (secondary N) is 2. The molecular weight excluding hydrogens is 1120 g/mol. The maximum absolute atomic E-state index is 6.50. The molecule has 90 heavy (non-hydrogen) atoms. The van der Waals surface area contributed by atoms with E-state index in [9.17, 15) is 0 Å². The summed E-state index contributed by atoms with van der Waals surface area (Å²) in [6.45, 7) is 19.5. The highest BCUT2D eigenvalue weighted by Crippen LogP contribution is 2.44. The third-order valence-electron chi connectivity index (χ3n) is 17.9. The second kappa shape index (κ2) is 32.1. The van der Waals surface area contributed by atoms with Gasteiger partial charge in [0.25, 0.3) is 0 Å². The summed E-state index contributed by atoms with van der Waals surface area (Å²) in [5.41, 5.74) is 18.9. The van der Waals surface area contributed by atoms with Crippen LogP contribution < -0.4 is 9.80 Å². The average molecular weight is 1210 g/mol. The Labute approximate surface area is 534 Å². The smallest absolute Gasteiger partial charge is 0.164 e. The monoisotopic (exact) mass is 1210 g/mol. The van der Waals surface area contributed by atoms with Gasteiger partial charge in [0.05, 0.1) is 52.9 Å². The van der Waals surface area contributed by atoms with Crippen LogP contribution in [0.25, 0.3) is 78.9 Å². The summed E-state index contributed by atoms with van der Waals surface area (Å²) >= 11 is 0. The van der Waals surface area contributed by atoms with E-state index in [4.69, 9.17) is 48.9 Å². The Bertz CT molecular complexity index is 3820. The number of rotatable bonds is 22. The first-order valence-corrected chi connectivity index (χ1v) is 34.3. The van der Waals surface area contributed by atoms with Crippen LogP contribution in [0.3, 0.4) is 0 Å². The zero-order valence-electron chi connectivity index (χ0n) is 54.7. The molecule has 5 aromatic carbocycles. The number of ether oxygens (including phenoxy) is 4. The van der Waals surface area contributed by atoms with E-state index in [0.717, 1.165) is 177 Å². The number of aryl methyl sites for hydroxylation is 6. The Balaban J connectivity index is 1.30. The van der Waals surface area contributed by atoms with Gasteiger partial charge in [0, 0.05) is 59.2 Å². The van der Waals surface area contributed by atoms with Crippen molar-refractivity contribution in [2.75, 3.05) is 75.7 Å². The van der Waals surface area contributed by atoms with Crippen LogP contribution in [-0.4, -0.2) is 106 Å². The van der Waals surface area contributed by atoms with E-state index in [0.29, 0.717) is 119 Å². The van der Waals surface area contributed by atoms with E-state index in [-0.39, 0.29) is 0 Å². The van der Waals surface area contributed by atoms with Gasteiger partial charge in [-0.3, -0.25) is 0 Å². The Morgan fingerprint density at radius 1 is 0.333 bits per heavy atom. The molecule has 0 saturated carbocycles. The largest absolute Gasteiger partial charge is 0.377 e. The van der Waals surface area contributed by atoms with Gasteiger partial charge in [-0.1, -0.05) is 141 Å². The van der Waals surface area contributed by atoms with Crippen molar-refractivity contribution in [1.29, 1.82) is 0 Å². The summed E-state index contributed by atoms with van der Waals surface area (Å²) in [5.74, 6) is 2.46. The lowest BCUT2D eigenvalue weighted by Gasteiger charge is -2.31. The molecule has 0 unspecified atom stereocenters. The van der Waals surface area contributed by atoms with Crippen molar-refractivity contribution in [3.63, 3.8) is 0 Å². The second-order valence-electron chi connectivity index (χ2n) is 24.7. The number of aromatic amines is 2. The molecule has 6 heterocycles. The molecule has 0 spiro atoms. The van der Waals surface area contributed by atoms with Gasteiger partial charge in [-0.05, 0) is 158 Å². The van der Waals surface area contributed by atoms with Gasteiger partial charge < -0.3 is 38.7 Å². The van der Waals surface area contributed by atoms with Crippen LogP contribution in [0.15, 0.2) is 97.1 Å². The van der Waals surface area contributed by atoms with E-state index in [2.05, 4.69) is 158 Å². The molecule has 8 aromatic rings. The van der Waals surface area contributed by atoms with Crippen LogP contribution in [0.2, 0.25) is 0 Å². The Morgan fingerprint density at radius 3 is 0.978 bits per heavy atom.